The van der Waals surface area contributed by atoms with Gasteiger partial charge in [-0.15, -0.1) is 0 Å². The number of nitrogens with zero attached hydrogens (tertiary/aromatic N) is 1. The van der Waals surface area contributed by atoms with E-state index in [-0.39, 0.29) is 41.4 Å². The van der Waals surface area contributed by atoms with Crippen LogP contribution >= 0.6 is 0 Å². The molecule has 5 aliphatic rings. The Morgan fingerprint density at radius 3 is 1.97 bits per heavy atom. The second kappa shape index (κ2) is 6.39. The smallest absolute Gasteiger partial charge is 0.255 e. The number of rotatable bonds is 3. The summed E-state index contributed by atoms with van der Waals surface area (Å²) >= 11 is 0. The Morgan fingerprint density at radius 2 is 1.42 bits per heavy atom. The SMILES string of the molecule is Cc1cccc(C)c1NC(=O)c1ccc(N2C(=O)C3C4C=CC(C5CC45)C3C2=O)cc1. The summed E-state index contributed by atoms with van der Waals surface area (Å²) in [6.45, 7) is 3.92. The standard InChI is InChI=1S/C26H24N2O3/c1-13-4-3-5-14(2)23(13)27-24(29)15-6-8-16(9-7-15)28-25(30)21-17-10-11-18(20-12-19(17)20)22(21)26(28)31/h3-11,17-22H,12H2,1-2H3,(H,27,29). The fraction of sp³-hybridized carbons (Fsp3) is 0.346. The fourth-order valence-corrected chi connectivity index (χ4v) is 6.17. The molecule has 6 atom stereocenters. The molecule has 0 spiro atoms. The predicted molar refractivity (Wildman–Crippen MR) is 118 cm³/mol. The summed E-state index contributed by atoms with van der Waals surface area (Å²) in [6, 6.07) is 12.7. The van der Waals surface area contributed by atoms with Crippen molar-refractivity contribution in [1.29, 1.82) is 0 Å². The molecule has 1 N–H and O–H groups in total. The van der Waals surface area contributed by atoms with Crippen LogP contribution in [0.2, 0.25) is 0 Å². The van der Waals surface area contributed by atoms with Crippen LogP contribution in [0.25, 0.3) is 0 Å². The van der Waals surface area contributed by atoms with Crippen LogP contribution in [0.5, 0.6) is 0 Å². The molecule has 156 valence electrons. The van der Waals surface area contributed by atoms with Crippen LogP contribution in [0.4, 0.5) is 11.4 Å². The quantitative estimate of drug-likeness (QED) is 0.609. The second-order valence-corrected chi connectivity index (χ2v) is 9.43. The molecule has 3 fully saturated rings. The molecular formula is C26H24N2O3. The van der Waals surface area contributed by atoms with Crippen LogP contribution in [0.15, 0.2) is 54.6 Å². The summed E-state index contributed by atoms with van der Waals surface area (Å²) in [5, 5.41) is 2.98. The minimum atomic E-state index is -0.210. The molecule has 0 radical (unpaired) electrons. The molecular weight excluding hydrogens is 388 g/mol. The van der Waals surface area contributed by atoms with Gasteiger partial charge in [0.1, 0.15) is 0 Å². The lowest BCUT2D eigenvalue weighted by Gasteiger charge is -2.37. The van der Waals surface area contributed by atoms with E-state index in [4.69, 9.17) is 0 Å². The van der Waals surface area contributed by atoms with E-state index in [0.29, 0.717) is 23.1 Å². The predicted octanol–water partition coefficient (Wildman–Crippen LogP) is 4.11. The fourth-order valence-electron chi connectivity index (χ4n) is 6.17. The zero-order valence-corrected chi connectivity index (χ0v) is 17.5. The van der Waals surface area contributed by atoms with Crippen LogP contribution in [0.1, 0.15) is 27.9 Å². The van der Waals surface area contributed by atoms with E-state index in [2.05, 4.69) is 17.5 Å². The molecule has 7 rings (SSSR count). The first-order valence-corrected chi connectivity index (χ1v) is 11.0. The molecule has 4 aliphatic carbocycles. The first-order chi connectivity index (χ1) is 15.0. The molecule has 1 heterocycles. The van der Waals surface area contributed by atoms with Gasteiger partial charge in [0.05, 0.1) is 17.5 Å². The van der Waals surface area contributed by atoms with Gasteiger partial charge in [-0.05, 0) is 79.3 Å². The molecule has 3 amide bonds. The van der Waals surface area contributed by atoms with Gasteiger partial charge in [0.25, 0.3) is 5.91 Å². The van der Waals surface area contributed by atoms with E-state index in [1.807, 2.05) is 32.0 Å². The highest BCUT2D eigenvalue weighted by molar-refractivity contribution is 6.22. The molecule has 0 aromatic heterocycles. The Labute approximate surface area is 181 Å². The van der Waals surface area contributed by atoms with Gasteiger partial charge >= 0.3 is 0 Å². The number of hydrogen-bond acceptors (Lipinski definition) is 3. The van der Waals surface area contributed by atoms with Crippen molar-refractivity contribution in [2.24, 2.45) is 35.5 Å². The van der Waals surface area contributed by atoms with Gasteiger partial charge in [0.2, 0.25) is 11.8 Å². The third-order valence-corrected chi connectivity index (χ3v) is 7.77. The van der Waals surface area contributed by atoms with Crippen molar-refractivity contribution < 1.29 is 14.4 Å². The van der Waals surface area contributed by atoms with Gasteiger partial charge in [-0.25, -0.2) is 0 Å². The molecule has 5 heteroatoms. The first-order valence-electron chi connectivity index (χ1n) is 11.0. The highest BCUT2D eigenvalue weighted by Gasteiger charge is 2.67. The Balaban J connectivity index is 1.24. The van der Waals surface area contributed by atoms with E-state index < -0.39 is 0 Å². The van der Waals surface area contributed by atoms with Gasteiger partial charge in [-0.1, -0.05) is 30.4 Å². The number of nitrogens with one attached hydrogen (secondary N) is 1. The molecule has 5 nitrogen and oxygen atoms in total. The van der Waals surface area contributed by atoms with Crippen LogP contribution < -0.4 is 10.2 Å². The third kappa shape index (κ3) is 2.59. The minimum Gasteiger partial charge on any atom is -0.322 e. The molecule has 2 aromatic rings. The summed E-state index contributed by atoms with van der Waals surface area (Å²) in [7, 11) is 0. The molecule has 2 saturated carbocycles. The topological polar surface area (TPSA) is 66.5 Å². The highest BCUT2D eigenvalue weighted by atomic mass is 16.2. The Morgan fingerprint density at radius 1 is 0.871 bits per heavy atom. The zero-order chi connectivity index (χ0) is 21.4. The molecule has 2 bridgehead atoms. The average molecular weight is 412 g/mol. The van der Waals surface area contributed by atoms with Crippen molar-refractivity contribution in [2.75, 3.05) is 10.2 Å². The van der Waals surface area contributed by atoms with Crippen molar-refractivity contribution in [2.45, 2.75) is 20.3 Å². The van der Waals surface area contributed by atoms with Gasteiger partial charge < -0.3 is 5.32 Å². The number of amides is 3. The third-order valence-electron chi connectivity index (χ3n) is 7.77. The maximum atomic E-state index is 13.2. The van der Waals surface area contributed by atoms with Gasteiger partial charge in [-0.2, -0.15) is 0 Å². The number of carbonyl (C=O) groups excluding carboxylic acids is 3. The Bertz CT molecular complexity index is 1110. The number of allylic oxidation sites excluding steroid dienone is 2. The van der Waals surface area contributed by atoms with Crippen molar-refractivity contribution in [3.63, 3.8) is 0 Å². The zero-order valence-electron chi connectivity index (χ0n) is 17.5. The lowest BCUT2D eigenvalue weighted by molar-refractivity contribution is -0.124. The largest absolute Gasteiger partial charge is 0.322 e. The number of aryl methyl sites for hydroxylation is 2. The lowest BCUT2D eigenvalue weighted by atomic mass is 9.63. The van der Waals surface area contributed by atoms with E-state index in [1.165, 1.54) is 4.90 Å². The number of anilines is 2. The van der Waals surface area contributed by atoms with E-state index in [9.17, 15) is 14.4 Å². The van der Waals surface area contributed by atoms with Crippen LogP contribution in [-0.4, -0.2) is 17.7 Å². The van der Waals surface area contributed by atoms with E-state index >= 15 is 0 Å². The summed E-state index contributed by atoms with van der Waals surface area (Å²) < 4.78 is 0. The Hall–Kier alpha value is -3.21. The van der Waals surface area contributed by atoms with Crippen molar-refractivity contribution >= 4 is 29.1 Å². The normalized spacial score (nSPS) is 32.1. The summed E-state index contributed by atoms with van der Waals surface area (Å²) in [6.07, 6.45) is 5.51. The van der Waals surface area contributed by atoms with Crippen molar-refractivity contribution in [1.82, 2.24) is 0 Å². The summed E-state index contributed by atoms with van der Waals surface area (Å²) in [4.78, 5) is 40.6. The van der Waals surface area contributed by atoms with Crippen LogP contribution in [-0.2, 0) is 9.59 Å². The van der Waals surface area contributed by atoms with E-state index in [0.717, 1.165) is 23.2 Å². The number of benzene rings is 2. The summed E-state index contributed by atoms with van der Waals surface area (Å²) in [5.74, 6) is 0.816. The lowest BCUT2D eigenvalue weighted by Crippen LogP contribution is -2.40. The highest BCUT2D eigenvalue weighted by Crippen LogP contribution is 2.65. The number of para-hydroxylation sites is 1. The molecule has 2 aromatic carbocycles. The number of imide groups is 1. The second-order valence-electron chi connectivity index (χ2n) is 9.43. The first kappa shape index (κ1) is 18.6. The van der Waals surface area contributed by atoms with Crippen LogP contribution in [0.3, 0.4) is 0 Å². The monoisotopic (exact) mass is 412 g/mol. The molecule has 31 heavy (non-hydrogen) atoms. The molecule has 1 aliphatic heterocycles. The Kier molecular flexibility index (Phi) is 3.83. The minimum absolute atomic E-state index is 0.0764. The summed E-state index contributed by atoms with van der Waals surface area (Å²) in [5.41, 5.74) is 3.86. The molecule has 6 unspecified atom stereocenters. The number of carbonyl (C=O) groups is 3. The van der Waals surface area contributed by atoms with E-state index in [1.54, 1.807) is 24.3 Å². The van der Waals surface area contributed by atoms with Crippen molar-refractivity contribution in [3.05, 3.63) is 71.3 Å². The van der Waals surface area contributed by atoms with Gasteiger partial charge in [0, 0.05) is 11.3 Å². The average Bonchev–Trinajstić information content (AvgIpc) is 3.54. The molecule has 1 saturated heterocycles. The number of hydrogen-bond donors (Lipinski definition) is 1. The van der Waals surface area contributed by atoms with Crippen molar-refractivity contribution in [3.8, 4) is 0 Å². The maximum absolute atomic E-state index is 13.2. The van der Waals surface area contributed by atoms with Crippen LogP contribution in [0, 0.1) is 49.4 Å². The maximum Gasteiger partial charge on any atom is 0.255 e. The van der Waals surface area contributed by atoms with Gasteiger partial charge in [-0.3, -0.25) is 19.3 Å². The van der Waals surface area contributed by atoms with Gasteiger partial charge in [0.15, 0.2) is 0 Å².